The Labute approximate surface area is 142 Å². The van der Waals surface area contributed by atoms with Crippen molar-refractivity contribution in [1.82, 2.24) is 9.88 Å². The first-order valence-corrected chi connectivity index (χ1v) is 8.50. The van der Waals surface area contributed by atoms with Gasteiger partial charge in [-0.3, -0.25) is 9.78 Å². The number of carbonyl (C=O) groups is 1. The Hall–Kier alpha value is -2.14. The summed E-state index contributed by atoms with van der Waals surface area (Å²) in [7, 11) is 1.64. The molecular formula is C19H25N3O2. The molecule has 3 rings (SSSR count). The van der Waals surface area contributed by atoms with Gasteiger partial charge in [-0.05, 0) is 50.8 Å². The number of nitrogens with zero attached hydrogens (tertiary/aromatic N) is 2. The van der Waals surface area contributed by atoms with Crippen LogP contribution < -0.4 is 10.5 Å². The van der Waals surface area contributed by atoms with E-state index in [1.54, 1.807) is 7.11 Å². The molecule has 0 bridgehead atoms. The summed E-state index contributed by atoms with van der Waals surface area (Å²) < 4.78 is 5.24. The zero-order valence-electron chi connectivity index (χ0n) is 14.6. The van der Waals surface area contributed by atoms with Crippen LogP contribution in [0.2, 0.25) is 0 Å². The average molecular weight is 327 g/mol. The largest absolute Gasteiger partial charge is 0.497 e. The Morgan fingerprint density at radius 1 is 1.33 bits per heavy atom. The van der Waals surface area contributed by atoms with Crippen LogP contribution in [0.4, 0.5) is 0 Å². The number of pyridine rings is 1. The third-order valence-corrected chi connectivity index (χ3v) is 5.02. The van der Waals surface area contributed by atoms with Gasteiger partial charge in [-0.1, -0.05) is 0 Å². The maximum Gasteiger partial charge on any atom is 0.255 e. The van der Waals surface area contributed by atoms with E-state index >= 15 is 0 Å². The summed E-state index contributed by atoms with van der Waals surface area (Å²) in [5, 5.41) is 0.954. The summed E-state index contributed by atoms with van der Waals surface area (Å²) in [6.45, 7) is 5.48. The summed E-state index contributed by atoms with van der Waals surface area (Å²) >= 11 is 0. The molecule has 128 valence electrons. The highest BCUT2D eigenvalue weighted by Gasteiger charge is 2.26. The molecule has 0 radical (unpaired) electrons. The molecule has 1 fully saturated rings. The molecule has 5 nitrogen and oxygen atoms in total. The van der Waals surface area contributed by atoms with Crippen molar-refractivity contribution in [2.24, 2.45) is 11.7 Å². The van der Waals surface area contributed by atoms with Crippen molar-refractivity contribution in [2.45, 2.75) is 32.7 Å². The number of piperidine rings is 1. The van der Waals surface area contributed by atoms with Crippen molar-refractivity contribution >= 4 is 16.8 Å². The van der Waals surface area contributed by atoms with Crippen LogP contribution in [0.15, 0.2) is 24.3 Å². The van der Waals surface area contributed by atoms with E-state index in [0.29, 0.717) is 11.5 Å². The lowest BCUT2D eigenvalue weighted by Crippen LogP contribution is -2.42. The van der Waals surface area contributed by atoms with E-state index in [0.717, 1.165) is 48.3 Å². The molecular weight excluding hydrogens is 302 g/mol. The summed E-state index contributed by atoms with van der Waals surface area (Å²) in [4.78, 5) is 19.4. The molecule has 0 saturated carbocycles. The number of aromatic nitrogens is 1. The summed E-state index contributed by atoms with van der Waals surface area (Å²) in [6, 6.07) is 7.87. The molecule has 1 aliphatic heterocycles. The van der Waals surface area contributed by atoms with E-state index in [-0.39, 0.29) is 11.9 Å². The standard InChI is InChI=1S/C19H25N3O2/c1-12(20)14-6-8-22(9-7-14)19(23)17-10-15-4-5-16(24-3)11-18(15)21-13(17)2/h4-5,10-12,14H,6-9,20H2,1-3H3. The minimum absolute atomic E-state index is 0.0702. The number of amides is 1. The SMILES string of the molecule is COc1ccc2cc(C(=O)N3CCC(C(C)N)CC3)c(C)nc2c1. The van der Waals surface area contributed by atoms with Crippen LogP contribution >= 0.6 is 0 Å². The number of carbonyl (C=O) groups excluding carboxylic acids is 1. The summed E-state index contributed by atoms with van der Waals surface area (Å²) in [6.07, 6.45) is 1.95. The quantitative estimate of drug-likeness (QED) is 0.941. The maximum absolute atomic E-state index is 12.9. The summed E-state index contributed by atoms with van der Waals surface area (Å²) in [5.74, 6) is 1.35. The van der Waals surface area contributed by atoms with Crippen LogP contribution in [0.3, 0.4) is 0 Å². The zero-order valence-corrected chi connectivity index (χ0v) is 14.6. The van der Waals surface area contributed by atoms with Crippen LogP contribution in [-0.4, -0.2) is 42.0 Å². The fourth-order valence-electron chi connectivity index (χ4n) is 3.39. The lowest BCUT2D eigenvalue weighted by Gasteiger charge is -2.34. The van der Waals surface area contributed by atoms with E-state index in [4.69, 9.17) is 10.5 Å². The molecule has 0 aliphatic carbocycles. The number of aryl methyl sites for hydroxylation is 1. The number of likely N-dealkylation sites (tertiary alicyclic amines) is 1. The van der Waals surface area contributed by atoms with Crippen molar-refractivity contribution in [2.75, 3.05) is 20.2 Å². The molecule has 24 heavy (non-hydrogen) atoms. The lowest BCUT2D eigenvalue weighted by molar-refractivity contribution is 0.0680. The Morgan fingerprint density at radius 3 is 2.67 bits per heavy atom. The Balaban J connectivity index is 1.84. The predicted octanol–water partition coefficient (Wildman–Crippen LogP) is 2.75. The minimum Gasteiger partial charge on any atom is -0.497 e. The van der Waals surface area contributed by atoms with Crippen molar-refractivity contribution in [3.8, 4) is 5.75 Å². The van der Waals surface area contributed by atoms with Gasteiger partial charge in [-0.2, -0.15) is 0 Å². The normalized spacial score (nSPS) is 17.1. The number of rotatable bonds is 3. The third kappa shape index (κ3) is 3.22. The molecule has 2 N–H and O–H groups in total. The average Bonchev–Trinajstić information content (AvgIpc) is 2.60. The van der Waals surface area contributed by atoms with Gasteiger partial charge in [0.1, 0.15) is 5.75 Å². The second kappa shape index (κ2) is 6.77. The van der Waals surface area contributed by atoms with Crippen molar-refractivity contribution in [1.29, 1.82) is 0 Å². The number of hydrogen-bond donors (Lipinski definition) is 1. The number of ether oxygens (including phenoxy) is 1. The van der Waals surface area contributed by atoms with Crippen LogP contribution in [0.1, 0.15) is 35.8 Å². The number of methoxy groups -OCH3 is 1. The van der Waals surface area contributed by atoms with Crippen LogP contribution in [0, 0.1) is 12.8 Å². The van der Waals surface area contributed by atoms with Crippen molar-refractivity contribution in [3.63, 3.8) is 0 Å². The minimum atomic E-state index is 0.0702. The number of fused-ring (bicyclic) bond motifs is 1. The lowest BCUT2D eigenvalue weighted by atomic mass is 9.90. The molecule has 2 aromatic rings. The van der Waals surface area contributed by atoms with E-state index in [2.05, 4.69) is 4.98 Å². The van der Waals surface area contributed by atoms with Gasteiger partial charge in [-0.25, -0.2) is 0 Å². The molecule has 1 amide bonds. The fourth-order valence-corrected chi connectivity index (χ4v) is 3.39. The van der Waals surface area contributed by atoms with Gasteiger partial charge in [0.2, 0.25) is 0 Å². The monoisotopic (exact) mass is 327 g/mol. The molecule has 1 aromatic heterocycles. The van der Waals surface area contributed by atoms with Crippen molar-refractivity contribution in [3.05, 3.63) is 35.5 Å². The Kier molecular flexibility index (Phi) is 4.71. The molecule has 1 aromatic carbocycles. The van der Waals surface area contributed by atoms with E-state index < -0.39 is 0 Å². The van der Waals surface area contributed by atoms with Crippen molar-refractivity contribution < 1.29 is 9.53 Å². The molecule has 1 saturated heterocycles. The first-order valence-electron chi connectivity index (χ1n) is 8.50. The highest BCUT2D eigenvalue weighted by atomic mass is 16.5. The second-order valence-corrected chi connectivity index (χ2v) is 6.67. The maximum atomic E-state index is 12.9. The smallest absolute Gasteiger partial charge is 0.255 e. The molecule has 1 atom stereocenters. The third-order valence-electron chi connectivity index (χ3n) is 5.02. The van der Waals surface area contributed by atoms with Gasteiger partial charge in [-0.15, -0.1) is 0 Å². The predicted molar refractivity (Wildman–Crippen MR) is 95.3 cm³/mol. The van der Waals surface area contributed by atoms with Gasteiger partial charge in [0.05, 0.1) is 23.9 Å². The van der Waals surface area contributed by atoms with Gasteiger partial charge < -0.3 is 15.4 Å². The highest BCUT2D eigenvalue weighted by Crippen LogP contribution is 2.25. The van der Waals surface area contributed by atoms with Gasteiger partial charge >= 0.3 is 0 Å². The first kappa shape index (κ1) is 16.7. The Bertz CT molecular complexity index is 750. The number of benzene rings is 1. The van der Waals surface area contributed by atoms with E-state index in [1.165, 1.54) is 0 Å². The molecule has 1 unspecified atom stereocenters. The molecule has 0 spiro atoms. The zero-order chi connectivity index (χ0) is 17.3. The summed E-state index contributed by atoms with van der Waals surface area (Å²) in [5.41, 5.74) is 8.28. The highest BCUT2D eigenvalue weighted by molar-refractivity contribution is 5.98. The fraction of sp³-hybridized carbons (Fsp3) is 0.474. The van der Waals surface area contributed by atoms with Crippen LogP contribution in [0.25, 0.3) is 10.9 Å². The first-order chi connectivity index (χ1) is 11.5. The van der Waals surface area contributed by atoms with E-state index in [1.807, 2.05) is 43.0 Å². The molecule has 2 heterocycles. The topological polar surface area (TPSA) is 68.5 Å². The second-order valence-electron chi connectivity index (χ2n) is 6.67. The number of hydrogen-bond acceptors (Lipinski definition) is 4. The van der Waals surface area contributed by atoms with Gasteiger partial charge in [0.15, 0.2) is 0 Å². The van der Waals surface area contributed by atoms with Gasteiger partial charge in [0, 0.05) is 30.6 Å². The van der Waals surface area contributed by atoms with Gasteiger partial charge in [0.25, 0.3) is 5.91 Å². The number of nitrogens with two attached hydrogens (primary N) is 1. The van der Waals surface area contributed by atoms with Crippen LogP contribution in [-0.2, 0) is 0 Å². The van der Waals surface area contributed by atoms with Crippen LogP contribution in [0.5, 0.6) is 5.75 Å². The Morgan fingerprint density at radius 2 is 2.04 bits per heavy atom. The van der Waals surface area contributed by atoms with E-state index in [9.17, 15) is 4.79 Å². The molecule has 5 heteroatoms. The molecule has 1 aliphatic rings.